The third kappa shape index (κ3) is 3.10. The van der Waals surface area contributed by atoms with Crippen molar-refractivity contribution in [1.29, 1.82) is 0 Å². The second-order valence-corrected chi connectivity index (χ2v) is 8.98. The third-order valence-electron chi connectivity index (χ3n) is 4.62. The molecular formula is C19H21N3O2S2. The molecule has 0 amide bonds. The van der Waals surface area contributed by atoms with Gasteiger partial charge in [-0.15, -0.1) is 11.3 Å². The first kappa shape index (κ1) is 18.8. The number of aromatic nitrogens is 3. The molecule has 1 N–H and O–H groups in total. The zero-order chi connectivity index (χ0) is 19.2. The monoisotopic (exact) mass is 387 g/mol. The van der Waals surface area contributed by atoms with Crippen LogP contribution in [0.3, 0.4) is 0 Å². The summed E-state index contributed by atoms with van der Waals surface area (Å²) in [7, 11) is 0. The van der Waals surface area contributed by atoms with Crippen LogP contribution in [-0.4, -0.2) is 31.8 Å². The molecule has 136 valence electrons. The second kappa shape index (κ2) is 6.96. The lowest BCUT2D eigenvalue weighted by atomic mass is 10.0. The maximum absolute atomic E-state index is 13.0. The largest absolute Gasteiger partial charge is 0.355 e. The first-order valence-corrected chi connectivity index (χ1v) is 10.0. The number of hydrogen-bond acceptors (Lipinski definition) is 6. The Kier molecular flexibility index (Phi) is 5.03. The normalized spacial score (nSPS) is 12.5. The van der Waals surface area contributed by atoms with Crippen molar-refractivity contribution in [3.05, 3.63) is 39.3 Å². The molecule has 5 nitrogen and oxygen atoms in total. The molecule has 3 aromatic rings. The molecule has 7 heteroatoms. The van der Waals surface area contributed by atoms with Crippen LogP contribution in [0.2, 0.25) is 0 Å². The molecule has 0 aliphatic carbocycles. The number of Topliss-reactive ketones (excluding diaryl/α,β-unsaturated/α-hetero) is 2. The highest BCUT2D eigenvalue weighted by atomic mass is 32.2. The smallest absolute Gasteiger partial charge is 0.192 e. The van der Waals surface area contributed by atoms with Gasteiger partial charge in [-0.3, -0.25) is 9.59 Å². The molecule has 0 radical (unpaired) electrons. The minimum absolute atomic E-state index is 0.0283. The van der Waals surface area contributed by atoms with E-state index in [0.29, 0.717) is 11.3 Å². The van der Waals surface area contributed by atoms with Crippen LogP contribution in [0.5, 0.6) is 0 Å². The molecule has 0 fully saturated rings. The Labute approximate surface area is 160 Å². The van der Waals surface area contributed by atoms with Gasteiger partial charge >= 0.3 is 0 Å². The quantitative estimate of drug-likeness (QED) is 0.386. The number of ketones is 2. The minimum Gasteiger partial charge on any atom is -0.355 e. The van der Waals surface area contributed by atoms with Gasteiger partial charge in [0.1, 0.15) is 16.2 Å². The summed E-state index contributed by atoms with van der Waals surface area (Å²) in [6, 6.07) is 0. The summed E-state index contributed by atoms with van der Waals surface area (Å²) in [6.45, 7) is 11.2. The van der Waals surface area contributed by atoms with Crippen molar-refractivity contribution in [3.63, 3.8) is 0 Å². The Morgan fingerprint density at radius 2 is 1.85 bits per heavy atom. The van der Waals surface area contributed by atoms with Gasteiger partial charge in [0.05, 0.1) is 10.9 Å². The number of H-pyrrole nitrogens is 1. The van der Waals surface area contributed by atoms with Crippen molar-refractivity contribution in [1.82, 2.24) is 15.0 Å². The molecule has 26 heavy (non-hydrogen) atoms. The zero-order valence-electron chi connectivity index (χ0n) is 15.7. The topological polar surface area (TPSA) is 75.7 Å². The number of rotatable bonds is 5. The van der Waals surface area contributed by atoms with Crippen molar-refractivity contribution in [2.45, 2.75) is 51.8 Å². The van der Waals surface area contributed by atoms with E-state index in [4.69, 9.17) is 0 Å². The van der Waals surface area contributed by atoms with Crippen LogP contribution >= 0.6 is 23.1 Å². The number of thioether (sulfide) groups is 1. The highest BCUT2D eigenvalue weighted by Gasteiger charge is 2.25. The maximum atomic E-state index is 13.0. The molecule has 0 saturated carbocycles. The van der Waals surface area contributed by atoms with E-state index in [0.717, 1.165) is 26.5 Å². The first-order chi connectivity index (χ1) is 12.2. The summed E-state index contributed by atoms with van der Waals surface area (Å²) in [6.07, 6.45) is 1.55. The summed E-state index contributed by atoms with van der Waals surface area (Å²) >= 11 is 3.08. The average Bonchev–Trinajstić information content (AvgIpc) is 3.03. The van der Waals surface area contributed by atoms with Gasteiger partial charge in [0.25, 0.3) is 0 Å². The molecule has 3 heterocycles. The van der Waals surface area contributed by atoms with E-state index < -0.39 is 0 Å². The molecule has 0 spiro atoms. The fourth-order valence-corrected chi connectivity index (χ4v) is 5.29. The van der Waals surface area contributed by atoms with Crippen molar-refractivity contribution < 1.29 is 9.59 Å². The maximum Gasteiger partial charge on any atom is 0.192 e. The summed E-state index contributed by atoms with van der Waals surface area (Å²) in [5.41, 5.74) is 3.75. The van der Waals surface area contributed by atoms with Crippen LogP contribution in [0.25, 0.3) is 10.2 Å². The van der Waals surface area contributed by atoms with Crippen molar-refractivity contribution in [2.24, 2.45) is 0 Å². The van der Waals surface area contributed by atoms with Gasteiger partial charge in [-0.1, -0.05) is 11.8 Å². The van der Waals surface area contributed by atoms with E-state index in [1.54, 1.807) is 17.7 Å². The van der Waals surface area contributed by atoms with Crippen molar-refractivity contribution in [2.75, 3.05) is 0 Å². The molecule has 0 aromatic carbocycles. The predicted octanol–water partition coefficient (Wildman–Crippen LogP) is 4.82. The fourth-order valence-electron chi connectivity index (χ4n) is 3.19. The lowest BCUT2D eigenvalue weighted by molar-refractivity contribution is 0.0988. The number of nitrogens with zero attached hydrogens (tertiary/aromatic N) is 2. The summed E-state index contributed by atoms with van der Waals surface area (Å²) in [4.78, 5) is 38.8. The van der Waals surface area contributed by atoms with Gasteiger partial charge in [0.2, 0.25) is 0 Å². The van der Waals surface area contributed by atoms with Gasteiger partial charge in [-0.25, -0.2) is 9.97 Å². The molecular weight excluding hydrogens is 366 g/mol. The average molecular weight is 388 g/mol. The Hall–Kier alpha value is -1.99. The van der Waals surface area contributed by atoms with Crippen LogP contribution in [0, 0.1) is 27.7 Å². The highest BCUT2D eigenvalue weighted by molar-refractivity contribution is 8.00. The number of carbonyl (C=O) groups excluding carboxylic acids is 2. The first-order valence-electron chi connectivity index (χ1n) is 8.34. The standard InChI is InChI=1S/C19H21N3O2S2/c1-8-12(5)25-18-15(8)19(21-7-20-18)26-13(6)17(24)16-9(2)14(11(4)23)10(3)22-16/h7,13,22H,1-6H3. The zero-order valence-corrected chi connectivity index (χ0v) is 17.3. The summed E-state index contributed by atoms with van der Waals surface area (Å²) in [5, 5.41) is 1.53. The number of hydrogen-bond donors (Lipinski definition) is 1. The van der Waals surface area contributed by atoms with Crippen molar-refractivity contribution >= 4 is 44.9 Å². The molecule has 0 aliphatic rings. The number of aryl methyl sites for hydroxylation is 3. The lowest BCUT2D eigenvalue weighted by Gasteiger charge is -2.10. The Morgan fingerprint density at radius 3 is 2.46 bits per heavy atom. The van der Waals surface area contributed by atoms with Crippen LogP contribution in [0.4, 0.5) is 0 Å². The van der Waals surface area contributed by atoms with E-state index >= 15 is 0 Å². The third-order valence-corrected chi connectivity index (χ3v) is 6.84. The molecule has 0 aliphatic heterocycles. The Morgan fingerprint density at radius 1 is 1.15 bits per heavy atom. The summed E-state index contributed by atoms with van der Waals surface area (Å²) in [5.74, 6) is -0.0584. The van der Waals surface area contributed by atoms with Gasteiger partial charge in [0, 0.05) is 21.5 Å². The second-order valence-electron chi connectivity index (χ2n) is 6.45. The van der Waals surface area contributed by atoms with Gasteiger partial charge < -0.3 is 4.98 Å². The summed E-state index contributed by atoms with van der Waals surface area (Å²) < 4.78 is 0. The Bertz CT molecular complexity index is 1030. The minimum atomic E-state index is -0.329. The van der Waals surface area contributed by atoms with Crippen LogP contribution in [-0.2, 0) is 0 Å². The SMILES string of the molecule is CC(=O)c1c(C)[nH]c(C(=O)C(C)Sc2ncnc3sc(C)c(C)c23)c1C. The van der Waals surface area contributed by atoms with Gasteiger partial charge in [-0.05, 0) is 52.7 Å². The van der Waals surface area contributed by atoms with E-state index in [9.17, 15) is 9.59 Å². The molecule has 1 unspecified atom stereocenters. The number of thiophene rings is 1. The molecule has 0 bridgehead atoms. The van der Waals surface area contributed by atoms with E-state index in [1.165, 1.54) is 29.1 Å². The lowest BCUT2D eigenvalue weighted by Crippen LogP contribution is -2.15. The predicted molar refractivity (Wildman–Crippen MR) is 107 cm³/mol. The van der Waals surface area contributed by atoms with Gasteiger partial charge in [0.15, 0.2) is 11.6 Å². The van der Waals surface area contributed by atoms with Gasteiger partial charge in [-0.2, -0.15) is 0 Å². The molecule has 1 atom stereocenters. The molecule has 3 rings (SSSR count). The molecule has 3 aromatic heterocycles. The molecule has 0 saturated heterocycles. The number of aromatic amines is 1. The number of fused-ring (bicyclic) bond motifs is 1. The van der Waals surface area contributed by atoms with Crippen LogP contribution in [0.1, 0.15) is 56.4 Å². The van der Waals surface area contributed by atoms with E-state index in [-0.39, 0.29) is 16.8 Å². The fraction of sp³-hybridized carbons (Fsp3) is 0.368. The highest BCUT2D eigenvalue weighted by Crippen LogP contribution is 2.36. The van der Waals surface area contributed by atoms with E-state index in [1.807, 2.05) is 20.8 Å². The van der Waals surface area contributed by atoms with Crippen LogP contribution in [0.15, 0.2) is 11.4 Å². The van der Waals surface area contributed by atoms with Crippen molar-refractivity contribution in [3.8, 4) is 0 Å². The van der Waals surface area contributed by atoms with E-state index in [2.05, 4.69) is 28.8 Å². The number of carbonyl (C=O) groups is 2. The number of nitrogens with one attached hydrogen (secondary N) is 1. The van der Waals surface area contributed by atoms with Crippen LogP contribution < -0.4 is 0 Å². The Balaban J connectivity index is 1.94.